The summed E-state index contributed by atoms with van der Waals surface area (Å²) >= 11 is 1.55. The Balaban J connectivity index is 2.46. The minimum atomic E-state index is -0.0575. The van der Waals surface area contributed by atoms with E-state index in [9.17, 15) is 0 Å². The standard InChI is InChI=1S/C12H16N6S/c1-3-18(7-8(2)6-13)10-9-4-5-19-11(9)16-12(15-10)17-14/h4-5,8H,3,7,14H2,1-2H3,(H,15,16,17). The van der Waals surface area contributed by atoms with Crippen LogP contribution in [0.2, 0.25) is 0 Å². The van der Waals surface area contributed by atoms with Crippen LogP contribution >= 0.6 is 11.3 Å². The number of rotatable bonds is 5. The molecule has 100 valence electrons. The number of nitriles is 1. The smallest absolute Gasteiger partial charge is 0.240 e. The number of aromatic nitrogens is 2. The average molecular weight is 276 g/mol. The molecular weight excluding hydrogens is 260 g/mol. The second kappa shape index (κ2) is 5.82. The third-order valence-electron chi connectivity index (χ3n) is 2.83. The van der Waals surface area contributed by atoms with E-state index in [1.165, 1.54) is 0 Å². The Labute approximate surface area is 115 Å². The Hall–Kier alpha value is -1.91. The number of fused-ring (bicyclic) bond motifs is 1. The molecule has 0 bridgehead atoms. The van der Waals surface area contributed by atoms with E-state index in [-0.39, 0.29) is 5.92 Å². The summed E-state index contributed by atoms with van der Waals surface area (Å²) in [6.45, 7) is 5.35. The molecule has 0 radical (unpaired) electrons. The number of nitrogen functional groups attached to an aromatic ring is 1. The summed E-state index contributed by atoms with van der Waals surface area (Å²) in [5, 5.41) is 11.9. The van der Waals surface area contributed by atoms with Gasteiger partial charge in [-0.25, -0.2) is 10.8 Å². The second-order valence-corrected chi connectivity index (χ2v) is 5.12. The van der Waals surface area contributed by atoms with E-state index in [1.807, 2.05) is 25.3 Å². The van der Waals surface area contributed by atoms with Crippen molar-refractivity contribution in [2.24, 2.45) is 11.8 Å². The van der Waals surface area contributed by atoms with Gasteiger partial charge in [-0.2, -0.15) is 10.2 Å². The van der Waals surface area contributed by atoms with Crippen LogP contribution in [0.3, 0.4) is 0 Å². The number of thiophene rings is 1. The zero-order valence-electron chi connectivity index (χ0n) is 10.9. The minimum absolute atomic E-state index is 0.0575. The quantitative estimate of drug-likeness (QED) is 0.641. The molecule has 1 unspecified atom stereocenters. The molecule has 2 rings (SSSR count). The van der Waals surface area contributed by atoms with Gasteiger partial charge in [0.2, 0.25) is 5.95 Å². The first kappa shape index (κ1) is 13.5. The first-order valence-corrected chi connectivity index (χ1v) is 6.94. The molecule has 3 N–H and O–H groups in total. The third-order valence-corrected chi connectivity index (χ3v) is 3.64. The van der Waals surface area contributed by atoms with Gasteiger partial charge in [-0.05, 0) is 25.3 Å². The highest BCUT2D eigenvalue weighted by Gasteiger charge is 2.16. The first-order valence-electron chi connectivity index (χ1n) is 6.06. The Bertz CT molecular complexity index is 602. The molecular formula is C12H16N6S. The lowest BCUT2D eigenvalue weighted by Crippen LogP contribution is -2.29. The predicted molar refractivity (Wildman–Crippen MR) is 77.9 cm³/mol. The van der Waals surface area contributed by atoms with Crippen molar-refractivity contribution in [2.45, 2.75) is 13.8 Å². The Morgan fingerprint density at radius 3 is 3.00 bits per heavy atom. The molecule has 6 nitrogen and oxygen atoms in total. The van der Waals surface area contributed by atoms with E-state index in [4.69, 9.17) is 11.1 Å². The second-order valence-electron chi connectivity index (χ2n) is 4.22. The van der Waals surface area contributed by atoms with E-state index in [0.717, 1.165) is 22.6 Å². The predicted octanol–water partition coefficient (Wildman–Crippen LogP) is 1.96. The molecule has 0 aliphatic carbocycles. The van der Waals surface area contributed by atoms with Crippen molar-refractivity contribution < 1.29 is 0 Å². The van der Waals surface area contributed by atoms with E-state index < -0.39 is 0 Å². The van der Waals surface area contributed by atoms with Crippen molar-refractivity contribution in [3.8, 4) is 6.07 Å². The van der Waals surface area contributed by atoms with Gasteiger partial charge in [0.1, 0.15) is 10.6 Å². The van der Waals surface area contributed by atoms with Crippen LogP contribution < -0.4 is 16.2 Å². The summed E-state index contributed by atoms with van der Waals surface area (Å²) in [6, 6.07) is 4.24. The molecule has 1 atom stereocenters. The SMILES string of the molecule is CCN(CC(C)C#N)c1nc(NN)nc2sccc12. The van der Waals surface area contributed by atoms with E-state index in [0.29, 0.717) is 12.5 Å². The number of hydrogen-bond donors (Lipinski definition) is 2. The van der Waals surface area contributed by atoms with Crippen LogP contribution in [0.5, 0.6) is 0 Å². The topological polar surface area (TPSA) is 90.9 Å². The lowest BCUT2D eigenvalue weighted by Gasteiger charge is -2.24. The maximum atomic E-state index is 8.96. The lowest BCUT2D eigenvalue weighted by molar-refractivity contribution is 0.681. The van der Waals surface area contributed by atoms with E-state index in [1.54, 1.807) is 11.3 Å². The molecule has 0 spiro atoms. The third kappa shape index (κ3) is 2.75. The van der Waals surface area contributed by atoms with Gasteiger partial charge in [0, 0.05) is 13.1 Å². The first-order chi connectivity index (χ1) is 9.19. The number of nitrogens with zero attached hydrogens (tertiary/aromatic N) is 4. The van der Waals surface area contributed by atoms with Crippen molar-refractivity contribution in [3.05, 3.63) is 11.4 Å². The maximum absolute atomic E-state index is 8.96. The Kier molecular flexibility index (Phi) is 4.14. The summed E-state index contributed by atoms with van der Waals surface area (Å²) in [5.41, 5.74) is 2.49. The molecule has 0 aliphatic rings. The molecule has 0 aromatic carbocycles. The normalized spacial score (nSPS) is 12.1. The van der Waals surface area contributed by atoms with Crippen molar-refractivity contribution in [3.63, 3.8) is 0 Å². The number of hydrogen-bond acceptors (Lipinski definition) is 7. The molecule has 19 heavy (non-hydrogen) atoms. The Morgan fingerprint density at radius 1 is 1.58 bits per heavy atom. The maximum Gasteiger partial charge on any atom is 0.240 e. The highest BCUT2D eigenvalue weighted by atomic mass is 32.1. The monoisotopic (exact) mass is 276 g/mol. The van der Waals surface area contributed by atoms with Crippen LogP contribution in [0.25, 0.3) is 10.2 Å². The van der Waals surface area contributed by atoms with Gasteiger partial charge in [0.25, 0.3) is 0 Å². The van der Waals surface area contributed by atoms with Crippen LogP contribution in [-0.2, 0) is 0 Å². The summed E-state index contributed by atoms with van der Waals surface area (Å²) < 4.78 is 0. The van der Waals surface area contributed by atoms with Crippen LogP contribution in [0.4, 0.5) is 11.8 Å². The molecule has 0 fully saturated rings. The van der Waals surface area contributed by atoms with Crippen LogP contribution in [-0.4, -0.2) is 23.1 Å². The molecule has 2 aromatic heterocycles. The van der Waals surface area contributed by atoms with Gasteiger partial charge >= 0.3 is 0 Å². The van der Waals surface area contributed by atoms with Gasteiger partial charge in [-0.15, -0.1) is 11.3 Å². The zero-order valence-corrected chi connectivity index (χ0v) is 11.7. The van der Waals surface area contributed by atoms with E-state index >= 15 is 0 Å². The van der Waals surface area contributed by atoms with Crippen molar-refractivity contribution >= 4 is 33.3 Å². The molecule has 2 aromatic rings. The molecule has 0 saturated heterocycles. The van der Waals surface area contributed by atoms with Gasteiger partial charge < -0.3 is 4.90 Å². The van der Waals surface area contributed by atoms with Crippen molar-refractivity contribution in [1.29, 1.82) is 5.26 Å². The zero-order chi connectivity index (χ0) is 13.8. The summed E-state index contributed by atoms with van der Waals surface area (Å²) in [6.07, 6.45) is 0. The van der Waals surface area contributed by atoms with Crippen molar-refractivity contribution in [1.82, 2.24) is 9.97 Å². The van der Waals surface area contributed by atoms with Crippen LogP contribution in [0.1, 0.15) is 13.8 Å². The number of anilines is 2. The van der Waals surface area contributed by atoms with Gasteiger partial charge in [0.15, 0.2) is 0 Å². The number of nitrogens with one attached hydrogen (secondary N) is 1. The van der Waals surface area contributed by atoms with Crippen LogP contribution in [0.15, 0.2) is 11.4 Å². The molecule has 2 heterocycles. The summed E-state index contributed by atoms with van der Waals surface area (Å²) in [5.74, 6) is 6.57. The highest BCUT2D eigenvalue weighted by Crippen LogP contribution is 2.29. The number of hydrazine groups is 1. The molecule has 0 saturated carbocycles. The summed E-state index contributed by atoms with van der Waals surface area (Å²) in [4.78, 5) is 11.7. The molecule has 7 heteroatoms. The number of nitrogens with two attached hydrogens (primary N) is 1. The summed E-state index contributed by atoms with van der Waals surface area (Å²) in [7, 11) is 0. The van der Waals surface area contributed by atoms with Gasteiger partial charge in [-0.1, -0.05) is 0 Å². The molecule has 0 amide bonds. The van der Waals surface area contributed by atoms with Gasteiger partial charge in [-0.3, -0.25) is 5.43 Å². The fourth-order valence-corrected chi connectivity index (χ4v) is 2.64. The average Bonchev–Trinajstić information content (AvgIpc) is 2.91. The highest BCUT2D eigenvalue weighted by molar-refractivity contribution is 7.16. The van der Waals surface area contributed by atoms with E-state index in [2.05, 4.69) is 26.4 Å². The van der Waals surface area contributed by atoms with Crippen LogP contribution in [0, 0.1) is 17.2 Å². The van der Waals surface area contributed by atoms with Gasteiger partial charge in [0.05, 0.1) is 17.4 Å². The van der Waals surface area contributed by atoms with Crippen molar-refractivity contribution in [2.75, 3.05) is 23.4 Å². The fraction of sp³-hybridized carbons (Fsp3) is 0.417. The Morgan fingerprint density at radius 2 is 2.37 bits per heavy atom. The fourth-order valence-electron chi connectivity index (χ4n) is 1.88. The lowest BCUT2D eigenvalue weighted by atomic mass is 10.2. The largest absolute Gasteiger partial charge is 0.355 e. The molecule has 0 aliphatic heterocycles. The minimum Gasteiger partial charge on any atom is -0.355 e.